The summed E-state index contributed by atoms with van der Waals surface area (Å²) in [5.41, 5.74) is 1.54. The van der Waals surface area contributed by atoms with Gasteiger partial charge in [0.25, 0.3) is 5.91 Å². The standard InChI is InChI=1S/C16H9BrClNO2/c17-11-5-6-14(18)13(7-11)16(21)19-8-10(9-20)12-3-1-2-4-15(12)19/h1-9H. The molecule has 0 fully saturated rings. The highest BCUT2D eigenvalue weighted by molar-refractivity contribution is 9.10. The van der Waals surface area contributed by atoms with Gasteiger partial charge in [0.1, 0.15) is 0 Å². The number of carbonyl (C=O) groups is 2. The Bertz CT molecular complexity index is 870. The number of hydrogen-bond donors (Lipinski definition) is 0. The molecule has 104 valence electrons. The summed E-state index contributed by atoms with van der Waals surface area (Å²) in [5.74, 6) is -0.273. The number of carbonyl (C=O) groups excluding carboxylic acids is 2. The number of para-hydroxylation sites is 1. The van der Waals surface area contributed by atoms with Crippen molar-refractivity contribution in [1.29, 1.82) is 0 Å². The van der Waals surface area contributed by atoms with Crippen molar-refractivity contribution in [1.82, 2.24) is 4.57 Å². The molecule has 0 atom stereocenters. The van der Waals surface area contributed by atoms with E-state index in [4.69, 9.17) is 11.6 Å². The van der Waals surface area contributed by atoms with Crippen LogP contribution in [0.4, 0.5) is 0 Å². The van der Waals surface area contributed by atoms with E-state index in [0.717, 1.165) is 16.1 Å². The van der Waals surface area contributed by atoms with Gasteiger partial charge in [-0.1, -0.05) is 45.7 Å². The van der Waals surface area contributed by atoms with E-state index in [-0.39, 0.29) is 5.91 Å². The van der Waals surface area contributed by atoms with Crippen LogP contribution >= 0.6 is 27.5 Å². The predicted molar refractivity (Wildman–Crippen MR) is 86.2 cm³/mol. The number of rotatable bonds is 2. The first-order valence-electron chi connectivity index (χ1n) is 6.17. The van der Waals surface area contributed by atoms with Crippen LogP contribution in [0.5, 0.6) is 0 Å². The average molecular weight is 363 g/mol. The molecule has 3 nitrogen and oxygen atoms in total. The van der Waals surface area contributed by atoms with Gasteiger partial charge in [0.15, 0.2) is 6.29 Å². The zero-order valence-corrected chi connectivity index (χ0v) is 13.1. The van der Waals surface area contributed by atoms with Gasteiger partial charge in [-0.2, -0.15) is 0 Å². The largest absolute Gasteiger partial charge is 0.298 e. The number of nitrogens with zero attached hydrogens (tertiary/aromatic N) is 1. The maximum absolute atomic E-state index is 12.7. The Kier molecular flexibility index (Phi) is 3.66. The quantitative estimate of drug-likeness (QED) is 0.627. The molecule has 0 spiro atoms. The Hall–Kier alpha value is -1.91. The molecule has 3 rings (SSSR count). The lowest BCUT2D eigenvalue weighted by molar-refractivity contribution is 0.0965. The van der Waals surface area contributed by atoms with Gasteiger partial charge in [-0.15, -0.1) is 0 Å². The molecule has 0 aliphatic heterocycles. The highest BCUT2D eigenvalue weighted by atomic mass is 79.9. The molecule has 0 unspecified atom stereocenters. The number of fused-ring (bicyclic) bond motifs is 1. The lowest BCUT2D eigenvalue weighted by Crippen LogP contribution is -2.11. The highest BCUT2D eigenvalue weighted by Gasteiger charge is 2.17. The van der Waals surface area contributed by atoms with E-state index in [0.29, 0.717) is 21.7 Å². The lowest BCUT2D eigenvalue weighted by Gasteiger charge is -2.06. The summed E-state index contributed by atoms with van der Waals surface area (Å²) < 4.78 is 2.22. The minimum absolute atomic E-state index is 0.273. The molecular weight excluding hydrogens is 354 g/mol. The van der Waals surface area contributed by atoms with Crippen molar-refractivity contribution in [3.63, 3.8) is 0 Å². The fourth-order valence-corrected chi connectivity index (χ4v) is 2.82. The second-order valence-corrected chi connectivity index (χ2v) is 5.84. The van der Waals surface area contributed by atoms with E-state index >= 15 is 0 Å². The van der Waals surface area contributed by atoms with E-state index in [1.165, 1.54) is 10.8 Å². The van der Waals surface area contributed by atoms with Crippen molar-refractivity contribution >= 4 is 50.6 Å². The monoisotopic (exact) mass is 361 g/mol. The van der Waals surface area contributed by atoms with Crippen LogP contribution in [0.3, 0.4) is 0 Å². The maximum atomic E-state index is 12.7. The summed E-state index contributed by atoms with van der Waals surface area (Å²) >= 11 is 9.44. The van der Waals surface area contributed by atoms with Gasteiger partial charge in [-0.05, 0) is 24.3 Å². The van der Waals surface area contributed by atoms with Crippen LogP contribution in [0.25, 0.3) is 10.9 Å². The zero-order valence-electron chi connectivity index (χ0n) is 10.7. The van der Waals surface area contributed by atoms with Gasteiger partial charge in [-0.25, -0.2) is 0 Å². The number of hydrogen-bond acceptors (Lipinski definition) is 2. The van der Waals surface area contributed by atoms with Crippen LogP contribution in [0.15, 0.2) is 53.1 Å². The average Bonchev–Trinajstić information content (AvgIpc) is 2.88. The number of halogens is 2. The number of aromatic nitrogens is 1. The van der Waals surface area contributed by atoms with Crippen LogP contribution in [0.2, 0.25) is 5.02 Å². The fraction of sp³-hybridized carbons (Fsp3) is 0. The van der Waals surface area contributed by atoms with Crippen LogP contribution < -0.4 is 0 Å². The summed E-state index contributed by atoms with van der Waals surface area (Å²) in [4.78, 5) is 23.9. The molecule has 0 amide bonds. The molecule has 0 radical (unpaired) electrons. The highest BCUT2D eigenvalue weighted by Crippen LogP contribution is 2.25. The van der Waals surface area contributed by atoms with E-state index in [1.54, 1.807) is 24.3 Å². The van der Waals surface area contributed by atoms with Gasteiger partial charge >= 0.3 is 0 Å². The molecular formula is C16H9BrClNO2. The minimum Gasteiger partial charge on any atom is -0.298 e. The van der Waals surface area contributed by atoms with Gasteiger partial charge in [0.2, 0.25) is 0 Å². The van der Waals surface area contributed by atoms with Gasteiger partial charge in [0, 0.05) is 21.6 Å². The summed E-state index contributed by atoms with van der Waals surface area (Å²) in [6.45, 7) is 0. The van der Waals surface area contributed by atoms with Gasteiger partial charge in [-0.3, -0.25) is 14.2 Å². The van der Waals surface area contributed by atoms with Crippen molar-refractivity contribution in [3.05, 3.63) is 69.3 Å². The Labute approximate surface area is 134 Å². The smallest absolute Gasteiger partial charge is 0.263 e. The Morgan fingerprint density at radius 3 is 2.71 bits per heavy atom. The van der Waals surface area contributed by atoms with Gasteiger partial charge in [0.05, 0.1) is 16.1 Å². The van der Waals surface area contributed by atoms with Crippen molar-refractivity contribution in [2.24, 2.45) is 0 Å². The zero-order chi connectivity index (χ0) is 15.0. The molecule has 0 N–H and O–H groups in total. The third kappa shape index (κ3) is 2.41. The summed E-state index contributed by atoms with van der Waals surface area (Å²) in [7, 11) is 0. The summed E-state index contributed by atoms with van der Waals surface area (Å²) in [6, 6.07) is 12.4. The Morgan fingerprint density at radius 1 is 1.19 bits per heavy atom. The van der Waals surface area contributed by atoms with E-state index in [1.807, 2.05) is 18.2 Å². The summed E-state index contributed by atoms with van der Waals surface area (Å²) in [6.07, 6.45) is 2.28. The topological polar surface area (TPSA) is 39.1 Å². The molecule has 0 aliphatic rings. The van der Waals surface area contributed by atoms with Crippen molar-refractivity contribution in [3.8, 4) is 0 Å². The van der Waals surface area contributed by atoms with E-state index in [2.05, 4.69) is 15.9 Å². The second kappa shape index (κ2) is 5.47. The van der Waals surface area contributed by atoms with Crippen LogP contribution in [0, 0.1) is 0 Å². The molecule has 5 heteroatoms. The molecule has 0 saturated carbocycles. The number of benzene rings is 2. The third-order valence-electron chi connectivity index (χ3n) is 3.25. The predicted octanol–water partition coefficient (Wildman–Crippen LogP) is 4.56. The first-order valence-corrected chi connectivity index (χ1v) is 7.34. The third-order valence-corrected chi connectivity index (χ3v) is 4.07. The molecule has 1 heterocycles. The van der Waals surface area contributed by atoms with Crippen LogP contribution in [-0.2, 0) is 0 Å². The Balaban J connectivity index is 2.23. The summed E-state index contributed by atoms with van der Waals surface area (Å²) in [5, 5.41) is 1.11. The first kappa shape index (κ1) is 14.0. The molecule has 0 bridgehead atoms. The van der Waals surface area contributed by atoms with Crippen molar-refractivity contribution < 1.29 is 9.59 Å². The van der Waals surface area contributed by atoms with Crippen molar-refractivity contribution in [2.45, 2.75) is 0 Å². The van der Waals surface area contributed by atoms with Crippen LogP contribution in [0.1, 0.15) is 20.7 Å². The molecule has 1 aromatic heterocycles. The van der Waals surface area contributed by atoms with Gasteiger partial charge < -0.3 is 0 Å². The fourth-order valence-electron chi connectivity index (χ4n) is 2.26. The molecule has 0 aliphatic carbocycles. The Morgan fingerprint density at radius 2 is 1.95 bits per heavy atom. The van der Waals surface area contributed by atoms with E-state index in [9.17, 15) is 9.59 Å². The molecule has 2 aromatic carbocycles. The molecule has 3 aromatic rings. The SMILES string of the molecule is O=Cc1cn(C(=O)c2cc(Br)ccc2Cl)c2ccccc12. The van der Waals surface area contributed by atoms with Crippen LogP contribution in [-0.4, -0.2) is 16.8 Å². The lowest BCUT2D eigenvalue weighted by atomic mass is 10.2. The first-order chi connectivity index (χ1) is 10.1. The molecule has 21 heavy (non-hydrogen) atoms. The van der Waals surface area contributed by atoms with E-state index < -0.39 is 0 Å². The second-order valence-electron chi connectivity index (χ2n) is 4.52. The molecule has 0 saturated heterocycles. The normalized spacial score (nSPS) is 10.8. The maximum Gasteiger partial charge on any atom is 0.263 e. The minimum atomic E-state index is -0.273. The van der Waals surface area contributed by atoms with Crippen molar-refractivity contribution in [2.75, 3.05) is 0 Å². The number of aldehydes is 1.